The van der Waals surface area contributed by atoms with Crippen LogP contribution in [0.25, 0.3) is 0 Å². The molecule has 9 nitrogen and oxygen atoms in total. The van der Waals surface area contributed by atoms with Crippen LogP contribution < -0.4 is 19.3 Å². The van der Waals surface area contributed by atoms with Crippen molar-refractivity contribution in [1.82, 2.24) is 4.90 Å². The van der Waals surface area contributed by atoms with Crippen molar-refractivity contribution in [3.05, 3.63) is 77.6 Å². The molecule has 0 unspecified atom stereocenters. The molecule has 2 aliphatic rings. The molecule has 0 amide bonds. The second kappa shape index (κ2) is 12.1. The topological polar surface area (TPSA) is 109 Å². The van der Waals surface area contributed by atoms with Gasteiger partial charge in [-0.05, 0) is 30.3 Å². The number of para-hydroxylation sites is 2. The minimum absolute atomic E-state index is 0. The molecule has 2 heterocycles. The van der Waals surface area contributed by atoms with Gasteiger partial charge in [-0.3, -0.25) is 4.79 Å². The summed E-state index contributed by atoms with van der Waals surface area (Å²) in [6.45, 7) is 1.82. The highest BCUT2D eigenvalue weighted by molar-refractivity contribution is 6.02. The van der Waals surface area contributed by atoms with E-state index >= 15 is 4.39 Å². The molecule has 13 heteroatoms. The monoisotopic (exact) mass is 590 g/mol. The van der Waals surface area contributed by atoms with E-state index in [2.05, 4.69) is 9.89 Å². The number of rotatable bonds is 6. The first-order chi connectivity index (χ1) is 19.6. The zero-order valence-electron chi connectivity index (χ0n) is 22.9. The lowest BCUT2D eigenvalue weighted by Crippen LogP contribution is -2.55. The Labute approximate surface area is 239 Å². The number of aliphatic carboxylic acids is 1. The predicted molar refractivity (Wildman–Crippen MR) is 149 cm³/mol. The Morgan fingerprint density at radius 1 is 0.976 bits per heavy atom. The maximum absolute atomic E-state index is 15.1. The zero-order valence-corrected chi connectivity index (χ0v) is 22.9. The molecule has 1 fully saturated rings. The second-order valence-electron chi connectivity index (χ2n) is 9.60. The molecule has 0 aliphatic carbocycles. The lowest BCUT2D eigenvalue weighted by atomic mass is 9.96. The Morgan fingerprint density at radius 3 is 2.29 bits per heavy atom. The average Bonchev–Trinajstić information content (AvgIpc) is 2.96. The summed E-state index contributed by atoms with van der Waals surface area (Å²) in [7, 11) is 2.71. The number of aliphatic imine (C=N–C) groups is 1. The van der Waals surface area contributed by atoms with Crippen molar-refractivity contribution in [2.24, 2.45) is 4.99 Å². The first-order valence-electron chi connectivity index (χ1n) is 12.9. The number of alkyl halides is 3. The van der Waals surface area contributed by atoms with Crippen LogP contribution in [0.4, 0.5) is 34.6 Å². The van der Waals surface area contributed by atoms with E-state index in [1.807, 2.05) is 29.2 Å². The first kappa shape index (κ1) is 30.4. The molecule has 224 valence electrons. The number of carboxylic acid groups (broad SMARTS) is 1. The normalized spacial score (nSPS) is 16.8. The van der Waals surface area contributed by atoms with Gasteiger partial charge >= 0.3 is 12.1 Å². The molecule has 1 saturated heterocycles. The van der Waals surface area contributed by atoms with Crippen LogP contribution >= 0.6 is 0 Å². The van der Waals surface area contributed by atoms with Gasteiger partial charge < -0.3 is 34.8 Å². The Kier molecular flexibility index (Phi) is 8.81. The van der Waals surface area contributed by atoms with Gasteiger partial charge in [-0.15, -0.1) is 0 Å². The van der Waals surface area contributed by atoms with E-state index in [-0.39, 0.29) is 28.4 Å². The maximum Gasteiger partial charge on any atom is 0.420 e. The molecule has 0 saturated carbocycles. The molecule has 1 atom stereocenters. The number of hydrogen-bond donors (Lipinski definition) is 1. The molecule has 3 N–H and O–H groups in total. The van der Waals surface area contributed by atoms with E-state index < -0.39 is 41.7 Å². The minimum atomic E-state index is -4.73. The van der Waals surface area contributed by atoms with E-state index in [9.17, 15) is 23.1 Å². The molecule has 0 spiro atoms. The summed E-state index contributed by atoms with van der Waals surface area (Å²) in [5.74, 6) is -1.48. The summed E-state index contributed by atoms with van der Waals surface area (Å²) in [5.41, 5.74) is 0.124. The largest absolute Gasteiger partial charge is 0.497 e. The van der Waals surface area contributed by atoms with Crippen LogP contribution in [-0.2, 0) is 11.0 Å². The summed E-state index contributed by atoms with van der Waals surface area (Å²) in [6.07, 6.45) is -5.25. The number of methoxy groups -OCH3 is 2. The lowest BCUT2D eigenvalue weighted by Gasteiger charge is -2.45. The molecular formula is C29H30F4N4O5. The molecule has 0 radical (unpaired) electrons. The van der Waals surface area contributed by atoms with Gasteiger partial charge in [0.05, 0.1) is 37.9 Å². The molecule has 2 aliphatic heterocycles. The highest BCUT2D eigenvalue weighted by Gasteiger charge is 2.41. The highest BCUT2D eigenvalue weighted by atomic mass is 19.4. The van der Waals surface area contributed by atoms with Crippen molar-refractivity contribution in [3.8, 4) is 11.5 Å². The third-order valence-electron chi connectivity index (χ3n) is 7.23. The van der Waals surface area contributed by atoms with Gasteiger partial charge in [-0.25, -0.2) is 9.38 Å². The van der Waals surface area contributed by atoms with Crippen molar-refractivity contribution in [2.45, 2.75) is 18.6 Å². The maximum atomic E-state index is 15.1. The lowest BCUT2D eigenvalue weighted by molar-refractivity contribution is -0.139. The number of nitrogens with zero attached hydrogens (tertiary/aromatic N) is 4. The summed E-state index contributed by atoms with van der Waals surface area (Å²) in [4.78, 5) is 22.0. The van der Waals surface area contributed by atoms with E-state index in [1.54, 1.807) is 13.2 Å². The van der Waals surface area contributed by atoms with Gasteiger partial charge in [0, 0.05) is 43.5 Å². The molecule has 42 heavy (non-hydrogen) atoms. The number of guanidine groups is 1. The Hall–Kier alpha value is -4.52. The Morgan fingerprint density at radius 2 is 1.64 bits per heavy atom. The van der Waals surface area contributed by atoms with Crippen LogP contribution in [0.15, 0.2) is 65.7 Å². The van der Waals surface area contributed by atoms with Gasteiger partial charge in [0.1, 0.15) is 17.3 Å². The van der Waals surface area contributed by atoms with Crippen molar-refractivity contribution >= 4 is 29.0 Å². The van der Waals surface area contributed by atoms with Crippen LogP contribution in [0.2, 0.25) is 0 Å². The molecule has 5 rings (SSSR count). The number of anilines is 2. The highest BCUT2D eigenvalue weighted by Crippen LogP contribution is 2.48. The van der Waals surface area contributed by atoms with Gasteiger partial charge in [0.15, 0.2) is 5.75 Å². The van der Waals surface area contributed by atoms with E-state index in [1.165, 1.54) is 29.2 Å². The summed E-state index contributed by atoms with van der Waals surface area (Å²) >= 11 is 0. The molecule has 3 aromatic carbocycles. The third-order valence-corrected chi connectivity index (χ3v) is 7.23. The molecule has 0 bridgehead atoms. The Balaban J connectivity index is 0.00000405. The quantitative estimate of drug-likeness (QED) is 0.408. The van der Waals surface area contributed by atoms with Crippen molar-refractivity contribution in [2.75, 3.05) is 50.2 Å². The molecule has 3 aromatic rings. The number of benzene rings is 3. The minimum Gasteiger partial charge on any atom is -0.497 e. The van der Waals surface area contributed by atoms with Gasteiger partial charge in [0.2, 0.25) is 5.96 Å². The van der Waals surface area contributed by atoms with Crippen LogP contribution in [-0.4, -0.2) is 67.8 Å². The van der Waals surface area contributed by atoms with Crippen molar-refractivity contribution in [3.63, 3.8) is 0 Å². The summed E-state index contributed by atoms with van der Waals surface area (Å²) in [6, 6.07) is 14.3. The van der Waals surface area contributed by atoms with Gasteiger partial charge in [-0.2, -0.15) is 13.2 Å². The number of fused-ring (bicyclic) bond motifs is 1. The first-order valence-corrected chi connectivity index (χ1v) is 12.9. The van der Waals surface area contributed by atoms with Gasteiger partial charge in [0.25, 0.3) is 0 Å². The van der Waals surface area contributed by atoms with E-state index in [0.717, 1.165) is 18.9 Å². The fraction of sp³-hybridized carbons (Fsp3) is 0.310. The standard InChI is InChI=1S/C29H28F4N4O4.H2O/c1-40-19-7-3-6-18(16-19)35-12-14-36(15-13-35)28-34-26-20(8-4-10-22(26)30)24(17-25(38)39)37(28)23-11-5-9-21(27(23)41-2)29(31,32)33;/h3-11,16,24H,12-15,17H2,1-2H3,(H,38,39);1H2/t24-;/m0./s1. The molecular weight excluding hydrogens is 560 g/mol. The summed E-state index contributed by atoms with van der Waals surface area (Å²) in [5, 5.41) is 9.83. The second-order valence-corrected chi connectivity index (χ2v) is 9.60. The number of carbonyl (C=O) groups is 1. The van der Waals surface area contributed by atoms with E-state index in [0.29, 0.717) is 31.9 Å². The van der Waals surface area contributed by atoms with Crippen LogP contribution in [0.1, 0.15) is 23.6 Å². The fourth-order valence-electron chi connectivity index (χ4n) is 5.34. The average molecular weight is 591 g/mol. The van der Waals surface area contributed by atoms with Crippen LogP contribution in [0.5, 0.6) is 11.5 Å². The predicted octanol–water partition coefficient (Wildman–Crippen LogP) is 4.88. The number of ether oxygens (including phenoxy) is 2. The number of carboxylic acids is 1. The fourth-order valence-corrected chi connectivity index (χ4v) is 5.34. The number of hydrogen-bond acceptors (Lipinski definition) is 7. The zero-order chi connectivity index (χ0) is 29.3. The summed E-state index contributed by atoms with van der Waals surface area (Å²) < 4.78 is 67.7. The number of halogens is 4. The van der Waals surface area contributed by atoms with Gasteiger partial charge in [-0.1, -0.05) is 24.3 Å². The Bertz CT molecular complexity index is 1470. The van der Waals surface area contributed by atoms with E-state index in [4.69, 9.17) is 9.47 Å². The van der Waals surface area contributed by atoms with Crippen LogP contribution in [0, 0.1) is 5.82 Å². The van der Waals surface area contributed by atoms with Crippen LogP contribution in [0.3, 0.4) is 0 Å². The smallest absolute Gasteiger partial charge is 0.420 e. The molecule has 0 aromatic heterocycles. The third kappa shape index (κ3) is 5.77. The number of piperazine rings is 1. The SMILES string of the molecule is COc1cccc(N2CCN(C3=Nc4c(F)cccc4[C@H](CC(=O)O)N3c3cccc(C(F)(F)F)c3OC)CC2)c1.O. The van der Waals surface area contributed by atoms with Crippen molar-refractivity contribution < 1.29 is 42.4 Å². The van der Waals surface area contributed by atoms with Crippen molar-refractivity contribution in [1.29, 1.82) is 0 Å².